The zero-order valence-electron chi connectivity index (χ0n) is 27.1. The van der Waals surface area contributed by atoms with Crippen LogP contribution in [0.5, 0.6) is 0 Å². The lowest BCUT2D eigenvalue weighted by molar-refractivity contribution is -0.125. The van der Waals surface area contributed by atoms with Crippen molar-refractivity contribution in [3.05, 3.63) is 58.9 Å². The third-order valence-electron chi connectivity index (χ3n) is 7.10. The normalized spacial score (nSPS) is 12.7. The Morgan fingerprint density at radius 3 is 1.44 bits per heavy atom. The molecule has 0 saturated carbocycles. The maximum absolute atomic E-state index is 13.3. The van der Waals surface area contributed by atoms with Crippen molar-refractivity contribution in [2.24, 2.45) is 0 Å². The van der Waals surface area contributed by atoms with Crippen LogP contribution in [0.4, 0.5) is 42.3 Å². The van der Waals surface area contributed by atoms with Crippen LogP contribution in [-0.4, -0.2) is 81.3 Å². The van der Waals surface area contributed by atoms with Crippen molar-refractivity contribution in [3.8, 4) is 0 Å². The van der Waals surface area contributed by atoms with Gasteiger partial charge < -0.3 is 29.9 Å². The Labute approximate surface area is 292 Å². The molecule has 0 radical (unpaired) electrons. The SMILES string of the molecule is CCOC(=O)c1nnsc1NC(=O)Nc1ccc(N2CC(=O)N(c3ccc(NC(=O)Nc4snnc4C(=O)OCC)c(C)c3)CC2=O)cc1C. The van der Waals surface area contributed by atoms with Gasteiger partial charge in [0.05, 0.1) is 13.2 Å². The summed E-state index contributed by atoms with van der Waals surface area (Å²) >= 11 is 1.65. The van der Waals surface area contributed by atoms with E-state index < -0.39 is 24.0 Å². The van der Waals surface area contributed by atoms with E-state index in [0.717, 1.165) is 23.1 Å². The Morgan fingerprint density at radius 1 is 0.680 bits per heavy atom. The molecule has 5 rings (SSSR count). The van der Waals surface area contributed by atoms with E-state index in [4.69, 9.17) is 9.47 Å². The van der Waals surface area contributed by atoms with Gasteiger partial charge in [-0.25, -0.2) is 19.2 Å². The first-order valence-electron chi connectivity index (χ1n) is 15.0. The minimum atomic E-state index is -0.709. The van der Waals surface area contributed by atoms with Crippen molar-refractivity contribution in [2.75, 3.05) is 57.4 Å². The molecule has 2 aromatic heterocycles. The van der Waals surface area contributed by atoms with Gasteiger partial charge in [0.2, 0.25) is 23.2 Å². The molecule has 0 atom stereocenters. The van der Waals surface area contributed by atoms with Crippen LogP contribution in [0.3, 0.4) is 0 Å². The van der Waals surface area contributed by atoms with Crippen molar-refractivity contribution in [1.29, 1.82) is 0 Å². The predicted molar refractivity (Wildman–Crippen MR) is 184 cm³/mol. The molecule has 1 saturated heterocycles. The highest BCUT2D eigenvalue weighted by molar-refractivity contribution is 7.10. The summed E-state index contributed by atoms with van der Waals surface area (Å²) in [4.78, 5) is 78.6. The molecule has 6 amide bonds. The number of piperazine rings is 1. The summed E-state index contributed by atoms with van der Waals surface area (Å²) < 4.78 is 17.2. The Hall–Kier alpha value is -6.02. The number of anilines is 6. The average Bonchev–Trinajstić information content (AvgIpc) is 3.74. The average molecular weight is 723 g/mol. The Balaban J connectivity index is 1.19. The molecular formula is C30H30N10O8S2. The lowest BCUT2D eigenvalue weighted by Crippen LogP contribution is -2.54. The van der Waals surface area contributed by atoms with Gasteiger partial charge in [-0.3, -0.25) is 20.2 Å². The highest BCUT2D eigenvalue weighted by Gasteiger charge is 2.32. The summed E-state index contributed by atoms with van der Waals surface area (Å²) in [6.07, 6.45) is 0. The number of nitrogens with zero attached hydrogens (tertiary/aromatic N) is 6. The molecule has 20 heteroatoms. The van der Waals surface area contributed by atoms with E-state index in [9.17, 15) is 28.8 Å². The number of hydrogen-bond acceptors (Lipinski definition) is 14. The van der Waals surface area contributed by atoms with E-state index in [-0.39, 0.29) is 59.5 Å². The van der Waals surface area contributed by atoms with Gasteiger partial charge >= 0.3 is 24.0 Å². The fourth-order valence-electron chi connectivity index (χ4n) is 4.72. The summed E-state index contributed by atoms with van der Waals surface area (Å²) in [6, 6.07) is 8.46. The van der Waals surface area contributed by atoms with E-state index in [1.807, 2.05) is 0 Å². The number of aromatic nitrogens is 4. The zero-order chi connectivity index (χ0) is 35.9. The summed E-state index contributed by atoms with van der Waals surface area (Å²) in [7, 11) is 0. The van der Waals surface area contributed by atoms with Gasteiger partial charge in [0, 0.05) is 45.8 Å². The van der Waals surface area contributed by atoms with Gasteiger partial charge in [-0.2, -0.15) is 0 Å². The van der Waals surface area contributed by atoms with Crippen LogP contribution in [-0.2, 0) is 19.1 Å². The van der Waals surface area contributed by atoms with Gasteiger partial charge in [0.15, 0.2) is 10.0 Å². The predicted octanol–water partition coefficient (Wildman–Crippen LogP) is 4.03. The largest absolute Gasteiger partial charge is 0.461 e. The minimum Gasteiger partial charge on any atom is -0.461 e. The molecular weight excluding hydrogens is 693 g/mol. The molecule has 18 nitrogen and oxygen atoms in total. The second kappa shape index (κ2) is 15.5. The molecule has 1 aliphatic heterocycles. The van der Waals surface area contributed by atoms with E-state index in [1.54, 1.807) is 64.1 Å². The van der Waals surface area contributed by atoms with E-state index in [0.29, 0.717) is 33.9 Å². The number of carbonyl (C=O) groups is 6. The van der Waals surface area contributed by atoms with Gasteiger partial charge in [-0.15, -0.1) is 10.2 Å². The molecule has 4 N–H and O–H groups in total. The smallest absolute Gasteiger partial charge is 0.362 e. The second-order valence-corrected chi connectivity index (χ2v) is 12.0. The van der Waals surface area contributed by atoms with Gasteiger partial charge in [0.1, 0.15) is 13.1 Å². The molecule has 4 aromatic rings. The number of rotatable bonds is 10. The summed E-state index contributed by atoms with van der Waals surface area (Å²) in [5.74, 6) is -2.08. The fourth-order valence-corrected chi connectivity index (χ4v) is 5.83. The molecule has 0 spiro atoms. The van der Waals surface area contributed by atoms with Crippen molar-refractivity contribution in [1.82, 2.24) is 19.2 Å². The third kappa shape index (κ3) is 7.98. The number of esters is 2. The molecule has 3 heterocycles. The molecule has 0 bridgehead atoms. The second-order valence-electron chi connectivity index (χ2n) is 10.5. The van der Waals surface area contributed by atoms with Crippen molar-refractivity contribution in [3.63, 3.8) is 0 Å². The first kappa shape index (κ1) is 35.3. The number of nitrogens with one attached hydrogen (secondary N) is 4. The maximum Gasteiger partial charge on any atom is 0.362 e. The lowest BCUT2D eigenvalue weighted by Gasteiger charge is -2.34. The van der Waals surface area contributed by atoms with Crippen LogP contribution >= 0.6 is 23.1 Å². The van der Waals surface area contributed by atoms with Gasteiger partial charge in [-0.1, -0.05) is 8.98 Å². The van der Waals surface area contributed by atoms with E-state index >= 15 is 0 Å². The summed E-state index contributed by atoms with van der Waals surface area (Å²) in [5.41, 5.74) is 2.80. The van der Waals surface area contributed by atoms with E-state index in [1.165, 1.54) is 9.80 Å². The molecule has 50 heavy (non-hydrogen) atoms. The van der Waals surface area contributed by atoms with Crippen LogP contribution in [0.2, 0.25) is 0 Å². The van der Waals surface area contributed by atoms with Crippen molar-refractivity contribution < 1.29 is 38.2 Å². The quantitative estimate of drug-likeness (QED) is 0.170. The summed E-state index contributed by atoms with van der Waals surface area (Å²) in [5, 5.41) is 18.1. The van der Waals surface area contributed by atoms with Crippen LogP contribution in [0.1, 0.15) is 46.0 Å². The van der Waals surface area contributed by atoms with Crippen LogP contribution in [0.25, 0.3) is 0 Å². The molecule has 1 fully saturated rings. The highest BCUT2D eigenvalue weighted by Crippen LogP contribution is 2.29. The zero-order valence-corrected chi connectivity index (χ0v) is 28.7. The van der Waals surface area contributed by atoms with Crippen LogP contribution in [0, 0.1) is 13.8 Å². The molecule has 1 aliphatic rings. The fraction of sp³-hybridized carbons (Fsp3) is 0.267. The Bertz CT molecular complexity index is 1840. The van der Waals surface area contributed by atoms with Crippen molar-refractivity contribution in [2.45, 2.75) is 27.7 Å². The highest BCUT2D eigenvalue weighted by atomic mass is 32.1. The number of benzene rings is 2. The van der Waals surface area contributed by atoms with Crippen molar-refractivity contribution >= 4 is 91.6 Å². The number of aryl methyl sites for hydroxylation is 2. The third-order valence-corrected chi connectivity index (χ3v) is 8.38. The monoisotopic (exact) mass is 722 g/mol. The van der Waals surface area contributed by atoms with Crippen LogP contribution in [0.15, 0.2) is 36.4 Å². The first-order valence-corrected chi connectivity index (χ1v) is 16.5. The number of urea groups is 2. The summed E-state index contributed by atoms with van der Waals surface area (Å²) in [6.45, 7) is 6.57. The molecule has 2 aromatic carbocycles. The Kier molecular flexibility index (Phi) is 10.9. The maximum atomic E-state index is 13.3. The van der Waals surface area contributed by atoms with Gasteiger partial charge in [-0.05, 0) is 75.2 Å². The van der Waals surface area contributed by atoms with E-state index in [2.05, 4.69) is 40.4 Å². The molecule has 0 unspecified atom stereocenters. The lowest BCUT2D eigenvalue weighted by atomic mass is 10.1. The van der Waals surface area contributed by atoms with Gasteiger partial charge in [0.25, 0.3) is 0 Å². The topological polar surface area (TPSA) is 227 Å². The van der Waals surface area contributed by atoms with Crippen LogP contribution < -0.4 is 31.1 Å². The minimum absolute atomic E-state index is 0.107. The number of carbonyl (C=O) groups excluding carboxylic acids is 6. The number of ether oxygens (including phenoxy) is 2. The Morgan fingerprint density at radius 2 is 1.08 bits per heavy atom. The number of amides is 6. The number of hydrogen-bond donors (Lipinski definition) is 4. The molecule has 0 aliphatic carbocycles. The molecule has 260 valence electrons. The standard InChI is InChI=1S/C30H30N10O8S2/c1-5-47-27(43)23-25(49-37-35-23)33-29(45)31-19-9-7-17(11-15(19)3)39-13-22(42)40(14-21(39)41)18-8-10-20(16(4)12-18)32-30(46)34-26-24(36-38-50-26)28(44)48-6-2/h7-12H,5-6,13-14H2,1-4H3,(H2,31,33,45)(H2,32,34,46). The first-order chi connectivity index (χ1) is 24.0.